The van der Waals surface area contributed by atoms with E-state index in [2.05, 4.69) is 10.3 Å². The van der Waals surface area contributed by atoms with Gasteiger partial charge in [0.25, 0.3) is 11.5 Å². The van der Waals surface area contributed by atoms with Crippen LogP contribution in [0.4, 0.5) is 0 Å². The second-order valence-electron chi connectivity index (χ2n) is 8.36. The molecular formula is C24H24N4O6. The highest BCUT2D eigenvalue weighted by Gasteiger charge is 2.19. The summed E-state index contributed by atoms with van der Waals surface area (Å²) in [6.07, 6.45) is 2.14. The van der Waals surface area contributed by atoms with E-state index in [-0.39, 0.29) is 25.2 Å². The van der Waals surface area contributed by atoms with E-state index in [1.807, 2.05) is 4.90 Å². The number of ether oxygens (including phenoxy) is 2. The maximum atomic E-state index is 13.0. The minimum absolute atomic E-state index is 0.0719. The second kappa shape index (κ2) is 9.05. The zero-order chi connectivity index (χ0) is 23.7. The van der Waals surface area contributed by atoms with Gasteiger partial charge >= 0.3 is 5.69 Å². The number of likely N-dealkylation sites (tertiary alicyclic amines) is 1. The molecule has 1 saturated heterocycles. The van der Waals surface area contributed by atoms with E-state index in [4.69, 9.17) is 9.47 Å². The van der Waals surface area contributed by atoms with E-state index >= 15 is 0 Å². The third kappa shape index (κ3) is 4.26. The molecule has 5 rings (SSSR count). The van der Waals surface area contributed by atoms with Crippen LogP contribution in [-0.4, -0.2) is 52.7 Å². The molecule has 1 fully saturated rings. The number of hydrogen-bond donors (Lipinski definition) is 2. The summed E-state index contributed by atoms with van der Waals surface area (Å²) in [5.74, 6) is 1.05. The van der Waals surface area contributed by atoms with Gasteiger partial charge in [-0.25, -0.2) is 4.79 Å². The summed E-state index contributed by atoms with van der Waals surface area (Å²) < 4.78 is 11.8. The first-order chi connectivity index (χ1) is 16.5. The Balaban J connectivity index is 1.29. The maximum absolute atomic E-state index is 13.0. The quantitative estimate of drug-likeness (QED) is 0.507. The van der Waals surface area contributed by atoms with Gasteiger partial charge in [-0.05, 0) is 48.7 Å². The van der Waals surface area contributed by atoms with Crippen LogP contribution < -0.4 is 26.0 Å². The summed E-state index contributed by atoms with van der Waals surface area (Å²) in [7, 11) is 0. The van der Waals surface area contributed by atoms with E-state index in [1.165, 1.54) is 6.07 Å². The van der Waals surface area contributed by atoms with Gasteiger partial charge in [-0.2, -0.15) is 0 Å². The average molecular weight is 464 g/mol. The van der Waals surface area contributed by atoms with Crippen LogP contribution in [0.25, 0.3) is 10.9 Å². The highest BCUT2D eigenvalue weighted by molar-refractivity contribution is 5.97. The average Bonchev–Trinajstić information content (AvgIpc) is 3.47. The molecule has 3 heterocycles. The number of hydrogen-bond acceptors (Lipinski definition) is 6. The van der Waals surface area contributed by atoms with Crippen molar-refractivity contribution in [3.63, 3.8) is 0 Å². The molecule has 0 aliphatic carbocycles. The summed E-state index contributed by atoms with van der Waals surface area (Å²) in [6, 6.07) is 9.87. The van der Waals surface area contributed by atoms with E-state index in [0.29, 0.717) is 53.9 Å². The molecule has 2 N–H and O–H groups in total. The fraction of sp³-hybridized carbons (Fsp3) is 0.333. The molecule has 34 heavy (non-hydrogen) atoms. The molecule has 10 heteroatoms. The molecule has 0 bridgehead atoms. The fourth-order valence-corrected chi connectivity index (χ4v) is 4.28. The van der Waals surface area contributed by atoms with Crippen molar-refractivity contribution in [3.8, 4) is 11.5 Å². The van der Waals surface area contributed by atoms with Gasteiger partial charge in [-0.15, -0.1) is 0 Å². The van der Waals surface area contributed by atoms with Gasteiger partial charge in [0.1, 0.15) is 0 Å². The molecule has 3 aromatic rings. The van der Waals surface area contributed by atoms with E-state index < -0.39 is 11.2 Å². The van der Waals surface area contributed by atoms with E-state index in [1.54, 1.807) is 30.3 Å². The predicted octanol–water partition coefficient (Wildman–Crippen LogP) is 1.21. The number of aromatic amines is 1. The molecule has 0 radical (unpaired) electrons. The summed E-state index contributed by atoms with van der Waals surface area (Å²) in [6.45, 7) is 2.03. The Hall–Kier alpha value is -4.08. The van der Waals surface area contributed by atoms with Crippen molar-refractivity contribution >= 4 is 22.7 Å². The second-order valence-corrected chi connectivity index (χ2v) is 8.36. The maximum Gasteiger partial charge on any atom is 0.329 e. The minimum atomic E-state index is -0.567. The molecule has 0 unspecified atom stereocenters. The Kier molecular flexibility index (Phi) is 5.79. The first-order valence-electron chi connectivity index (χ1n) is 11.2. The number of carbonyl (C=O) groups is 2. The molecule has 0 saturated carbocycles. The highest BCUT2D eigenvalue weighted by Crippen LogP contribution is 2.32. The van der Waals surface area contributed by atoms with Gasteiger partial charge in [-0.1, -0.05) is 6.07 Å². The lowest BCUT2D eigenvalue weighted by Gasteiger charge is -2.15. The van der Waals surface area contributed by atoms with Crippen LogP contribution in [0.15, 0.2) is 46.0 Å². The molecule has 2 amide bonds. The Morgan fingerprint density at radius 3 is 2.74 bits per heavy atom. The third-order valence-electron chi connectivity index (χ3n) is 6.08. The normalized spacial score (nSPS) is 14.7. The number of fused-ring (bicyclic) bond motifs is 2. The van der Waals surface area contributed by atoms with Crippen molar-refractivity contribution in [2.75, 3.05) is 26.4 Å². The molecule has 2 aliphatic rings. The van der Waals surface area contributed by atoms with Gasteiger partial charge in [0.2, 0.25) is 12.7 Å². The molecule has 176 valence electrons. The highest BCUT2D eigenvalue weighted by atomic mass is 16.7. The standard InChI is InChI=1S/C24H24N4O6/c29-21-3-1-9-27(21)10-2-8-25-22(30)16-5-6-17-18(12-16)26-24(32)28(23(17)31)13-15-4-7-19-20(11-15)34-14-33-19/h4-7,11-12H,1-3,8-10,13-14H2,(H,25,30)(H,26,32). The Morgan fingerprint density at radius 2 is 1.91 bits per heavy atom. The number of benzene rings is 2. The van der Waals surface area contributed by atoms with Crippen LogP contribution in [0.5, 0.6) is 11.5 Å². The topological polar surface area (TPSA) is 123 Å². The molecule has 1 aromatic heterocycles. The number of rotatable bonds is 7. The van der Waals surface area contributed by atoms with Crippen molar-refractivity contribution in [2.45, 2.75) is 25.8 Å². The number of carbonyl (C=O) groups excluding carboxylic acids is 2. The predicted molar refractivity (Wildman–Crippen MR) is 123 cm³/mol. The molecule has 0 spiro atoms. The molecular weight excluding hydrogens is 440 g/mol. The molecule has 2 aliphatic heterocycles. The number of nitrogens with zero attached hydrogens (tertiary/aromatic N) is 2. The van der Waals surface area contributed by atoms with Crippen molar-refractivity contribution < 1.29 is 19.1 Å². The fourth-order valence-electron chi connectivity index (χ4n) is 4.28. The van der Waals surface area contributed by atoms with E-state index in [9.17, 15) is 19.2 Å². The first kappa shape index (κ1) is 21.7. The summed E-state index contributed by atoms with van der Waals surface area (Å²) >= 11 is 0. The number of H-pyrrole nitrogens is 1. The van der Waals surface area contributed by atoms with Crippen LogP contribution in [0, 0.1) is 0 Å². The van der Waals surface area contributed by atoms with Crippen LogP contribution in [0.1, 0.15) is 35.2 Å². The van der Waals surface area contributed by atoms with Gasteiger partial charge in [0, 0.05) is 31.6 Å². The summed E-state index contributed by atoms with van der Waals surface area (Å²) in [5.41, 5.74) is 0.352. The number of amides is 2. The lowest BCUT2D eigenvalue weighted by Crippen LogP contribution is -2.35. The van der Waals surface area contributed by atoms with Crippen LogP contribution >= 0.6 is 0 Å². The zero-order valence-corrected chi connectivity index (χ0v) is 18.5. The van der Waals surface area contributed by atoms with Crippen molar-refractivity contribution in [1.29, 1.82) is 0 Å². The first-order valence-corrected chi connectivity index (χ1v) is 11.2. The minimum Gasteiger partial charge on any atom is -0.454 e. The van der Waals surface area contributed by atoms with Gasteiger partial charge in [0.05, 0.1) is 17.4 Å². The lowest BCUT2D eigenvalue weighted by atomic mass is 10.1. The third-order valence-corrected chi connectivity index (χ3v) is 6.08. The van der Waals surface area contributed by atoms with Crippen molar-refractivity contribution in [3.05, 3.63) is 68.4 Å². The Morgan fingerprint density at radius 1 is 1.06 bits per heavy atom. The van der Waals surface area contributed by atoms with Gasteiger partial charge in [-0.3, -0.25) is 19.0 Å². The molecule has 0 atom stereocenters. The Bertz CT molecular complexity index is 1390. The monoisotopic (exact) mass is 464 g/mol. The lowest BCUT2D eigenvalue weighted by molar-refractivity contribution is -0.127. The largest absolute Gasteiger partial charge is 0.454 e. The summed E-state index contributed by atoms with van der Waals surface area (Å²) in [4.78, 5) is 54.3. The summed E-state index contributed by atoms with van der Waals surface area (Å²) in [5, 5.41) is 3.13. The van der Waals surface area contributed by atoms with Gasteiger partial charge < -0.3 is 24.7 Å². The van der Waals surface area contributed by atoms with E-state index in [0.717, 1.165) is 23.1 Å². The number of aromatic nitrogens is 2. The molecule has 10 nitrogen and oxygen atoms in total. The zero-order valence-electron chi connectivity index (χ0n) is 18.5. The van der Waals surface area contributed by atoms with Crippen LogP contribution in [-0.2, 0) is 11.3 Å². The van der Waals surface area contributed by atoms with Gasteiger partial charge in [0.15, 0.2) is 11.5 Å². The SMILES string of the molecule is O=C(NCCCN1CCCC1=O)c1ccc2c(=O)n(Cc3ccc4c(c3)OCO4)c(=O)[nH]c2c1. The smallest absolute Gasteiger partial charge is 0.329 e. The van der Waals surface area contributed by atoms with Crippen LogP contribution in [0.2, 0.25) is 0 Å². The van der Waals surface area contributed by atoms with Crippen LogP contribution in [0.3, 0.4) is 0 Å². The molecule has 2 aromatic carbocycles. The van der Waals surface area contributed by atoms with Crippen molar-refractivity contribution in [2.24, 2.45) is 0 Å². The number of nitrogens with one attached hydrogen (secondary N) is 2. The van der Waals surface area contributed by atoms with Crippen molar-refractivity contribution in [1.82, 2.24) is 19.8 Å². The Labute approximate surface area is 194 Å².